The molecule has 0 bridgehead atoms. The molecule has 0 saturated carbocycles. The zero-order valence-electron chi connectivity index (χ0n) is 14.5. The normalized spacial score (nSPS) is 11.0. The monoisotopic (exact) mass is 380 g/mol. The van der Waals surface area contributed by atoms with Gasteiger partial charge in [0.15, 0.2) is 5.69 Å². The van der Waals surface area contributed by atoms with Gasteiger partial charge in [-0.3, -0.25) is 4.98 Å². The molecule has 0 unspecified atom stereocenters. The number of hydrogen-bond acceptors (Lipinski definition) is 5. The van der Waals surface area contributed by atoms with E-state index in [1.807, 2.05) is 12.1 Å². The van der Waals surface area contributed by atoms with Crippen LogP contribution in [0.15, 0.2) is 65.7 Å². The summed E-state index contributed by atoms with van der Waals surface area (Å²) in [5, 5.41) is 0. The zero-order valence-corrected chi connectivity index (χ0v) is 15.3. The molecule has 0 fully saturated rings. The molecule has 0 spiro atoms. The molecule has 0 atom stereocenters. The van der Waals surface area contributed by atoms with Crippen LogP contribution >= 0.6 is 0 Å². The molecule has 2 heterocycles. The van der Waals surface area contributed by atoms with Crippen LogP contribution in [0, 0.1) is 6.57 Å². The minimum absolute atomic E-state index is 0.0262. The van der Waals surface area contributed by atoms with Crippen LogP contribution in [0.5, 0.6) is 5.75 Å². The van der Waals surface area contributed by atoms with Crippen molar-refractivity contribution in [1.82, 2.24) is 14.7 Å². The molecule has 3 aromatic rings. The molecule has 27 heavy (non-hydrogen) atoms. The molecule has 7 nitrogen and oxygen atoms in total. The Hall–Kier alpha value is -3.28. The number of nitrogens with one attached hydrogen (secondary N) is 1. The van der Waals surface area contributed by atoms with Crippen molar-refractivity contribution in [3.05, 3.63) is 77.9 Å². The topological polar surface area (TPSA) is 85.5 Å². The van der Waals surface area contributed by atoms with Gasteiger partial charge in [0.05, 0.1) is 42.2 Å². The summed E-state index contributed by atoms with van der Waals surface area (Å²) in [6, 6.07) is 14.7. The van der Waals surface area contributed by atoms with Gasteiger partial charge in [-0.15, -0.1) is 0 Å². The summed E-state index contributed by atoms with van der Waals surface area (Å²) in [6.45, 7) is 6.99. The minimum Gasteiger partial charge on any atom is -0.497 e. The quantitative estimate of drug-likeness (QED) is 0.664. The molecule has 0 radical (unpaired) electrons. The van der Waals surface area contributed by atoms with Crippen molar-refractivity contribution in [2.24, 2.45) is 0 Å². The van der Waals surface area contributed by atoms with E-state index in [2.05, 4.69) is 19.5 Å². The van der Waals surface area contributed by atoms with Crippen molar-refractivity contribution in [2.75, 3.05) is 7.11 Å². The first kappa shape index (κ1) is 18.5. The van der Waals surface area contributed by atoms with Gasteiger partial charge in [-0.25, -0.2) is 23.0 Å². The lowest BCUT2D eigenvalue weighted by molar-refractivity contribution is 0.413. The van der Waals surface area contributed by atoms with Crippen molar-refractivity contribution in [3.63, 3.8) is 0 Å². The van der Waals surface area contributed by atoms with Crippen LogP contribution < -0.4 is 9.46 Å². The maximum absolute atomic E-state index is 12.5. The Morgan fingerprint density at radius 1 is 1.11 bits per heavy atom. The lowest BCUT2D eigenvalue weighted by Gasteiger charge is -2.10. The molecule has 8 heteroatoms. The van der Waals surface area contributed by atoms with Gasteiger partial charge in [0, 0.05) is 18.3 Å². The predicted octanol–water partition coefficient (Wildman–Crippen LogP) is 3.18. The van der Waals surface area contributed by atoms with Crippen molar-refractivity contribution < 1.29 is 13.2 Å². The number of hydrogen-bond donors (Lipinski definition) is 1. The SMILES string of the molecule is [C-]#[N+]c1cccc(S(=O)(=O)NCc2cc(OC)cc(-c3ccccn3)n2)c1. The number of nitrogens with zero attached hydrogens (tertiary/aromatic N) is 3. The van der Waals surface area contributed by atoms with Crippen LogP contribution in [-0.2, 0) is 16.6 Å². The van der Waals surface area contributed by atoms with E-state index < -0.39 is 10.0 Å². The lowest BCUT2D eigenvalue weighted by atomic mass is 10.2. The van der Waals surface area contributed by atoms with E-state index in [9.17, 15) is 8.42 Å². The molecule has 0 amide bonds. The Kier molecular flexibility index (Phi) is 5.45. The Bertz CT molecular complexity index is 1090. The van der Waals surface area contributed by atoms with Gasteiger partial charge in [-0.1, -0.05) is 18.2 Å². The van der Waals surface area contributed by atoms with Crippen molar-refractivity contribution in [1.29, 1.82) is 0 Å². The van der Waals surface area contributed by atoms with E-state index in [4.69, 9.17) is 11.3 Å². The van der Waals surface area contributed by atoms with Gasteiger partial charge in [0.1, 0.15) is 5.75 Å². The Labute approximate surface area is 157 Å². The molecular weight excluding hydrogens is 364 g/mol. The first-order chi connectivity index (χ1) is 13.0. The summed E-state index contributed by atoms with van der Waals surface area (Å²) in [5.74, 6) is 0.551. The molecule has 0 saturated heterocycles. The Morgan fingerprint density at radius 3 is 2.67 bits per heavy atom. The Balaban J connectivity index is 1.86. The summed E-state index contributed by atoms with van der Waals surface area (Å²) in [5.41, 5.74) is 1.99. The zero-order chi connectivity index (χ0) is 19.3. The average Bonchev–Trinajstić information content (AvgIpc) is 2.72. The second-order valence-electron chi connectivity index (χ2n) is 5.53. The summed E-state index contributed by atoms with van der Waals surface area (Å²) >= 11 is 0. The van der Waals surface area contributed by atoms with Crippen molar-refractivity contribution >= 4 is 15.7 Å². The van der Waals surface area contributed by atoms with E-state index in [1.54, 1.807) is 30.5 Å². The number of methoxy groups -OCH3 is 1. The highest BCUT2D eigenvalue weighted by Gasteiger charge is 2.15. The molecule has 1 aromatic carbocycles. The number of ether oxygens (including phenoxy) is 1. The average molecular weight is 380 g/mol. The van der Waals surface area contributed by atoms with Gasteiger partial charge in [-0.05, 0) is 24.3 Å². The number of rotatable bonds is 6. The Morgan fingerprint density at radius 2 is 1.96 bits per heavy atom. The van der Waals surface area contributed by atoms with Gasteiger partial charge in [-0.2, -0.15) is 0 Å². The van der Waals surface area contributed by atoms with E-state index in [-0.39, 0.29) is 17.1 Å². The van der Waals surface area contributed by atoms with Crippen LogP contribution in [0.25, 0.3) is 16.2 Å². The molecule has 136 valence electrons. The smallest absolute Gasteiger partial charge is 0.239 e. The first-order valence-electron chi connectivity index (χ1n) is 7.95. The van der Waals surface area contributed by atoms with Gasteiger partial charge in [0.2, 0.25) is 10.0 Å². The van der Waals surface area contributed by atoms with Gasteiger partial charge >= 0.3 is 0 Å². The fourth-order valence-corrected chi connectivity index (χ4v) is 3.42. The lowest BCUT2D eigenvalue weighted by Crippen LogP contribution is -2.23. The number of sulfonamides is 1. The predicted molar refractivity (Wildman–Crippen MR) is 101 cm³/mol. The number of aromatic nitrogens is 2. The van der Waals surface area contributed by atoms with E-state index in [0.29, 0.717) is 22.8 Å². The standard InChI is InChI=1S/C19H16N4O3S/c1-20-14-6-5-7-17(11-14)27(24,25)22-13-15-10-16(26-2)12-19(23-15)18-8-3-4-9-21-18/h3-12,22H,13H2,2H3. The molecule has 2 aromatic heterocycles. The van der Waals surface area contributed by atoms with Crippen LogP contribution in [0.3, 0.4) is 0 Å². The maximum Gasteiger partial charge on any atom is 0.239 e. The van der Waals surface area contributed by atoms with Crippen LogP contribution in [0.1, 0.15) is 5.69 Å². The second-order valence-corrected chi connectivity index (χ2v) is 7.30. The molecule has 0 aliphatic heterocycles. The summed E-state index contributed by atoms with van der Waals surface area (Å²) in [4.78, 5) is 12.0. The van der Waals surface area contributed by atoms with Crippen LogP contribution in [0.2, 0.25) is 0 Å². The van der Waals surface area contributed by atoms with Crippen LogP contribution in [0.4, 0.5) is 5.69 Å². The fraction of sp³-hybridized carbons (Fsp3) is 0.105. The first-order valence-corrected chi connectivity index (χ1v) is 9.44. The van der Waals surface area contributed by atoms with Crippen LogP contribution in [-0.4, -0.2) is 25.5 Å². The molecule has 3 rings (SSSR count). The van der Waals surface area contributed by atoms with E-state index >= 15 is 0 Å². The summed E-state index contributed by atoms with van der Waals surface area (Å²) in [6.07, 6.45) is 1.66. The summed E-state index contributed by atoms with van der Waals surface area (Å²) < 4.78 is 32.8. The van der Waals surface area contributed by atoms with Crippen molar-refractivity contribution in [2.45, 2.75) is 11.4 Å². The highest BCUT2D eigenvalue weighted by atomic mass is 32.2. The highest BCUT2D eigenvalue weighted by molar-refractivity contribution is 7.89. The summed E-state index contributed by atoms with van der Waals surface area (Å²) in [7, 11) is -2.25. The molecule has 0 aliphatic carbocycles. The van der Waals surface area contributed by atoms with Crippen molar-refractivity contribution in [3.8, 4) is 17.1 Å². The second kappa shape index (κ2) is 7.95. The van der Waals surface area contributed by atoms with Gasteiger partial charge < -0.3 is 4.74 Å². The van der Waals surface area contributed by atoms with Gasteiger partial charge in [0.25, 0.3) is 0 Å². The molecular formula is C19H16N4O3S. The minimum atomic E-state index is -3.78. The maximum atomic E-state index is 12.5. The van der Waals surface area contributed by atoms with E-state index in [0.717, 1.165) is 0 Å². The van der Waals surface area contributed by atoms with E-state index in [1.165, 1.54) is 25.3 Å². The highest BCUT2D eigenvalue weighted by Crippen LogP contribution is 2.22. The number of benzene rings is 1. The fourth-order valence-electron chi connectivity index (χ4n) is 2.39. The number of pyridine rings is 2. The molecule has 0 aliphatic rings. The largest absolute Gasteiger partial charge is 0.497 e. The third kappa shape index (κ3) is 4.47. The third-order valence-corrected chi connectivity index (χ3v) is 5.11. The third-order valence-electron chi connectivity index (χ3n) is 3.72. The molecule has 1 N–H and O–H groups in total.